The van der Waals surface area contributed by atoms with Crippen LogP contribution in [0.2, 0.25) is 0 Å². The lowest BCUT2D eigenvalue weighted by Gasteiger charge is -2.18. The van der Waals surface area contributed by atoms with Gasteiger partial charge in [0.1, 0.15) is 5.69 Å². The van der Waals surface area contributed by atoms with E-state index in [1.165, 1.54) is 11.5 Å². The predicted octanol–water partition coefficient (Wildman–Crippen LogP) is 4.69. The molecule has 0 bridgehead atoms. The normalized spacial score (nSPS) is 15.2. The molecule has 142 valence electrons. The Hall–Kier alpha value is -3.51. The van der Waals surface area contributed by atoms with E-state index in [4.69, 9.17) is 0 Å². The molecule has 0 saturated carbocycles. The number of hydrogen-bond donors (Lipinski definition) is 2. The molecule has 2 N–H and O–H groups in total. The number of nitrogens with zero attached hydrogens (tertiary/aromatic N) is 1. The lowest BCUT2D eigenvalue weighted by molar-refractivity contribution is 0.0959. The van der Waals surface area contributed by atoms with Gasteiger partial charge in [-0.1, -0.05) is 48.5 Å². The molecular formula is C23H17N3O2S. The smallest absolute Gasteiger partial charge is 0.276 e. The van der Waals surface area contributed by atoms with E-state index in [1.54, 1.807) is 12.1 Å². The summed E-state index contributed by atoms with van der Waals surface area (Å²) < 4.78 is 5.30. The van der Waals surface area contributed by atoms with Crippen LogP contribution in [0.3, 0.4) is 0 Å². The number of aryl methyl sites for hydroxylation is 1. The van der Waals surface area contributed by atoms with Crippen LogP contribution < -0.4 is 10.6 Å². The molecular weight excluding hydrogens is 382 g/mol. The summed E-state index contributed by atoms with van der Waals surface area (Å²) in [5.41, 5.74) is 4.49. The summed E-state index contributed by atoms with van der Waals surface area (Å²) in [7, 11) is 0. The monoisotopic (exact) mass is 399 g/mol. The van der Waals surface area contributed by atoms with E-state index in [1.807, 2.05) is 61.5 Å². The third-order valence-electron chi connectivity index (χ3n) is 5.26. The maximum atomic E-state index is 13.0. The van der Waals surface area contributed by atoms with E-state index < -0.39 is 0 Å². The first-order chi connectivity index (χ1) is 14.1. The number of carbonyl (C=O) groups is 2. The second-order valence-corrected chi connectivity index (χ2v) is 7.82. The van der Waals surface area contributed by atoms with Gasteiger partial charge in [0.2, 0.25) is 0 Å². The van der Waals surface area contributed by atoms with Crippen LogP contribution in [0.5, 0.6) is 0 Å². The van der Waals surface area contributed by atoms with Gasteiger partial charge in [0.15, 0.2) is 0 Å². The summed E-state index contributed by atoms with van der Waals surface area (Å²) in [6, 6.07) is 20.7. The van der Waals surface area contributed by atoms with Gasteiger partial charge in [-0.05, 0) is 47.8 Å². The minimum atomic E-state index is -0.303. The SMILES string of the molecule is Cc1ccccc1C1NC(=O)c2cccc(NC(=O)c3nsc4ccccc34)c21. The molecule has 6 heteroatoms. The molecule has 0 spiro atoms. The summed E-state index contributed by atoms with van der Waals surface area (Å²) in [5.74, 6) is -0.415. The highest BCUT2D eigenvalue weighted by molar-refractivity contribution is 7.13. The number of rotatable bonds is 3. The van der Waals surface area contributed by atoms with Crippen LogP contribution in [0.4, 0.5) is 5.69 Å². The van der Waals surface area contributed by atoms with Crippen molar-refractivity contribution < 1.29 is 9.59 Å². The van der Waals surface area contributed by atoms with Crippen LogP contribution in [0.1, 0.15) is 43.6 Å². The van der Waals surface area contributed by atoms with Gasteiger partial charge in [-0.3, -0.25) is 9.59 Å². The maximum absolute atomic E-state index is 13.0. The molecule has 0 saturated heterocycles. The van der Waals surface area contributed by atoms with Crippen molar-refractivity contribution >= 4 is 39.1 Å². The van der Waals surface area contributed by atoms with Crippen molar-refractivity contribution in [3.05, 3.63) is 94.7 Å². The number of carbonyl (C=O) groups excluding carboxylic acids is 2. The van der Waals surface area contributed by atoms with Gasteiger partial charge in [-0.25, -0.2) is 0 Å². The van der Waals surface area contributed by atoms with Crippen LogP contribution in [0.15, 0.2) is 66.7 Å². The Morgan fingerprint density at radius 1 is 1.03 bits per heavy atom. The van der Waals surface area contributed by atoms with E-state index in [9.17, 15) is 9.59 Å². The average Bonchev–Trinajstić information content (AvgIpc) is 3.31. The Balaban J connectivity index is 1.57. The molecule has 4 aromatic rings. The summed E-state index contributed by atoms with van der Waals surface area (Å²) >= 11 is 1.30. The highest BCUT2D eigenvalue weighted by Gasteiger charge is 2.33. The van der Waals surface area contributed by atoms with E-state index in [-0.39, 0.29) is 17.9 Å². The van der Waals surface area contributed by atoms with Crippen molar-refractivity contribution in [1.82, 2.24) is 9.69 Å². The molecule has 1 aliphatic heterocycles. The van der Waals surface area contributed by atoms with Crippen LogP contribution >= 0.6 is 11.5 Å². The molecule has 29 heavy (non-hydrogen) atoms. The number of aromatic nitrogens is 1. The standard InChI is InChI=1S/C23H17N3O2S/c1-13-7-2-3-8-14(13)20-19-16(22(27)25-20)10-6-11-17(19)24-23(28)21-15-9-4-5-12-18(15)29-26-21/h2-12,20H,1H3,(H,24,28)(H,25,27). The molecule has 0 radical (unpaired) electrons. The van der Waals surface area contributed by atoms with Gasteiger partial charge in [0.25, 0.3) is 11.8 Å². The molecule has 2 heterocycles. The second-order valence-electron chi connectivity index (χ2n) is 7.01. The van der Waals surface area contributed by atoms with Crippen LogP contribution in [-0.4, -0.2) is 16.2 Å². The van der Waals surface area contributed by atoms with E-state index in [2.05, 4.69) is 15.0 Å². The molecule has 0 aliphatic carbocycles. The van der Waals surface area contributed by atoms with E-state index in [0.717, 1.165) is 26.8 Å². The fourth-order valence-electron chi connectivity index (χ4n) is 3.84. The Bertz CT molecular complexity index is 1280. The van der Waals surface area contributed by atoms with Gasteiger partial charge in [-0.15, -0.1) is 0 Å². The topological polar surface area (TPSA) is 71.1 Å². The molecule has 2 amide bonds. The summed E-state index contributed by atoms with van der Waals surface area (Å²) in [6.45, 7) is 2.02. The Morgan fingerprint density at radius 3 is 2.69 bits per heavy atom. The predicted molar refractivity (Wildman–Crippen MR) is 115 cm³/mol. The van der Waals surface area contributed by atoms with Crippen molar-refractivity contribution in [1.29, 1.82) is 0 Å². The zero-order valence-electron chi connectivity index (χ0n) is 15.6. The first-order valence-corrected chi connectivity index (χ1v) is 10.1. The minimum Gasteiger partial charge on any atom is -0.341 e. The third-order valence-corrected chi connectivity index (χ3v) is 6.08. The van der Waals surface area contributed by atoms with Crippen molar-refractivity contribution in [2.45, 2.75) is 13.0 Å². The highest BCUT2D eigenvalue weighted by atomic mass is 32.1. The molecule has 1 atom stereocenters. The summed E-state index contributed by atoms with van der Waals surface area (Å²) in [6.07, 6.45) is 0. The lowest BCUT2D eigenvalue weighted by atomic mass is 9.93. The summed E-state index contributed by atoms with van der Waals surface area (Å²) in [4.78, 5) is 25.6. The van der Waals surface area contributed by atoms with Crippen LogP contribution in [0, 0.1) is 6.92 Å². The fraction of sp³-hybridized carbons (Fsp3) is 0.0870. The number of nitrogens with one attached hydrogen (secondary N) is 2. The molecule has 5 nitrogen and oxygen atoms in total. The number of fused-ring (bicyclic) bond motifs is 2. The largest absolute Gasteiger partial charge is 0.341 e. The molecule has 5 rings (SSSR count). The Labute approximate surface area is 171 Å². The molecule has 1 aliphatic rings. The Morgan fingerprint density at radius 2 is 1.83 bits per heavy atom. The molecule has 3 aromatic carbocycles. The highest BCUT2D eigenvalue weighted by Crippen LogP contribution is 2.37. The first-order valence-electron chi connectivity index (χ1n) is 9.28. The number of benzene rings is 3. The summed E-state index contributed by atoms with van der Waals surface area (Å²) in [5, 5.41) is 6.87. The van der Waals surface area contributed by atoms with Gasteiger partial charge >= 0.3 is 0 Å². The van der Waals surface area contributed by atoms with E-state index in [0.29, 0.717) is 16.9 Å². The number of amides is 2. The number of hydrogen-bond acceptors (Lipinski definition) is 4. The van der Waals surface area contributed by atoms with Crippen molar-refractivity contribution in [2.75, 3.05) is 5.32 Å². The van der Waals surface area contributed by atoms with Crippen molar-refractivity contribution in [2.24, 2.45) is 0 Å². The average molecular weight is 399 g/mol. The van der Waals surface area contributed by atoms with Gasteiger partial charge in [0, 0.05) is 22.2 Å². The Kier molecular flexibility index (Phi) is 4.14. The van der Waals surface area contributed by atoms with Gasteiger partial charge < -0.3 is 10.6 Å². The minimum absolute atomic E-state index is 0.136. The van der Waals surface area contributed by atoms with Gasteiger partial charge in [-0.2, -0.15) is 4.37 Å². The number of anilines is 1. The fourth-order valence-corrected chi connectivity index (χ4v) is 4.61. The lowest BCUT2D eigenvalue weighted by Crippen LogP contribution is -2.21. The third kappa shape index (κ3) is 2.89. The molecule has 0 fully saturated rings. The van der Waals surface area contributed by atoms with Crippen molar-refractivity contribution in [3.8, 4) is 0 Å². The zero-order valence-corrected chi connectivity index (χ0v) is 16.4. The maximum Gasteiger partial charge on any atom is 0.276 e. The zero-order chi connectivity index (χ0) is 20.0. The molecule has 1 unspecified atom stereocenters. The van der Waals surface area contributed by atoms with Crippen molar-refractivity contribution in [3.63, 3.8) is 0 Å². The van der Waals surface area contributed by atoms with Crippen LogP contribution in [-0.2, 0) is 0 Å². The molecule has 1 aromatic heterocycles. The van der Waals surface area contributed by atoms with E-state index >= 15 is 0 Å². The first kappa shape index (κ1) is 17.6. The second kappa shape index (κ2) is 6.83. The van der Waals surface area contributed by atoms with Gasteiger partial charge in [0.05, 0.1) is 10.7 Å². The van der Waals surface area contributed by atoms with Crippen LogP contribution in [0.25, 0.3) is 10.1 Å². The quantitative estimate of drug-likeness (QED) is 0.525.